The van der Waals surface area contributed by atoms with Gasteiger partial charge in [-0.05, 0) is 72.6 Å². The zero-order valence-corrected chi connectivity index (χ0v) is 34.9. The van der Waals surface area contributed by atoms with Gasteiger partial charge < -0.3 is 0 Å². The van der Waals surface area contributed by atoms with E-state index >= 15 is 0 Å². The van der Waals surface area contributed by atoms with Crippen LogP contribution in [0, 0.1) is 0 Å². The van der Waals surface area contributed by atoms with Crippen LogP contribution < -0.4 is 0 Å². The lowest BCUT2D eigenvalue weighted by Crippen LogP contribution is -2.16. The summed E-state index contributed by atoms with van der Waals surface area (Å²) in [4.78, 5) is 11.0. The van der Waals surface area contributed by atoms with Gasteiger partial charge in [-0.1, -0.05) is 210 Å². The average molecular weight is 784 g/mol. The van der Waals surface area contributed by atoms with Gasteiger partial charge in [0.25, 0.3) is 0 Å². The molecule has 61 heavy (non-hydrogen) atoms. The number of rotatable bonds is 4. The molecule has 292 valence electrons. The van der Waals surface area contributed by atoms with E-state index in [2.05, 4.69) is 220 Å². The molecule has 0 atom stereocenters. The molecule has 0 N–H and O–H groups in total. The number of hydrogen-bond acceptors (Lipinski definition) is 2. The van der Waals surface area contributed by atoms with Crippen molar-refractivity contribution in [3.8, 4) is 50.6 Å². The second kappa shape index (κ2) is 14.4. The number of para-hydroxylation sites is 2. The number of hydrogen-bond donors (Lipinski definition) is 0. The van der Waals surface area contributed by atoms with Crippen molar-refractivity contribution in [1.82, 2.24) is 14.5 Å². The molecule has 3 nitrogen and oxygen atoms in total. The van der Waals surface area contributed by atoms with Crippen molar-refractivity contribution in [2.24, 2.45) is 0 Å². The van der Waals surface area contributed by atoms with E-state index < -0.39 is 0 Å². The first kappa shape index (κ1) is 36.7. The maximum absolute atomic E-state index is 5.57. The summed E-state index contributed by atoms with van der Waals surface area (Å²) in [5, 5.41) is 8.34. The third-order valence-electron chi connectivity index (χ3n) is 12.6. The summed E-state index contributed by atoms with van der Waals surface area (Å²) in [5.74, 6) is 0.657. The van der Waals surface area contributed by atoms with Crippen LogP contribution in [-0.2, 0) is 5.41 Å². The van der Waals surface area contributed by atoms with E-state index in [9.17, 15) is 0 Å². The molecule has 0 saturated heterocycles. The van der Waals surface area contributed by atoms with E-state index in [1.807, 2.05) is 0 Å². The summed E-state index contributed by atoms with van der Waals surface area (Å²) in [7, 11) is 0. The van der Waals surface area contributed by atoms with Gasteiger partial charge in [-0.25, -0.2) is 9.97 Å². The third-order valence-corrected chi connectivity index (χ3v) is 12.6. The predicted octanol–water partition coefficient (Wildman–Crippen LogP) is 15.8. The molecule has 9 aromatic carbocycles. The number of aromatic nitrogens is 3. The van der Waals surface area contributed by atoms with E-state index in [1.54, 1.807) is 0 Å². The summed E-state index contributed by atoms with van der Waals surface area (Å²) in [6.07, 6.45) is 1.25. The lowest BCUT2D eigenvalue weighted by atomic mass is 9.78. The van der Waals surface area contributed by atoms with Gasteiger partial charge >= 0.3 is 0 Å². The van der Waals surface area contributed by atoms with Crippen LogP contribution in [0.3, 0.4) is 0 Å². The van der Waals surface area contributed by atoms with Gasteiger partial charge in [0, 0.05) is 32.7 Å². The molecular weight excluding hydrogens is 739 g/mol. The Balaban J connectivity index is 0.00000136. The van der Waals surface area contributed by atoms with Crippen molar-refractivity contribution in [3.63, 3.8) is 0 Å². The Kier molecular flexibility index (Phi) is 8.68. The molecule has 0 unspecified atom stereocenters. The van der Waals surface area contributed by atoms with Gasteiger partial charge in [-0.2, -0.15) is 0 Å². The molecule has 0 bridgehead atoms. The van der Waals surface area contributed by atoms with Gasteiger partial charge in [0.15, 0.2) is 0 Å². The Morgan fingerprint density at radius 2 is 0.984 bits per heavy atom. The topological polar surface area (TPSA) is 30.7 Å². The van der Waals surface area contributed by atoms with Crippen LogP contribution in [0.4, 0.5) is 0 Å². The van der Waals surface area contributed by atoms with E-state index in [1.165, 1.54) is 83.2 Å². The Labute approximate surface area is 356 Å². The number of nitrogens with zero attached hydrogens (tertiary/aromatic N) is 3. The SMILES string of the molecule is CC1(C)c2ccccc2-c2cccc(-c3cccc4c5c6ccccc6ccc5n(-c5nc(-c6ccc(-c7cccc8ccccc78)cc6)c6ccccc6n5)c34)c21.CCC. The van der Waals surface area contributed by atoms with E-state index in [0.29, 0.717) is 5.95 Å². The Morgan fingerprint density at radius 3 is 1.79 bits per heavy atom. The minimum absolute atomic E-state index is 0.182. The molecule has 2 heterocycles. The maximum Gasteiger partial charge on any atom is 0.235 e. The van der Waals surface area contributed by atoms with Crippen molar-refractivity contribution in [2.45, 2.75) is 39.5 Å². The smallest absolute Gasteiger partial charge is 0.235 e. The highest BCUT2D eigenvalue weighted by Crippen LogP contribution is 2.53. The molecule has 0 aliphatic heterocycles. The third kappa shape index (κ3) is 5.72. The molecule has 0 radical (unpaired) electrons. The van der Waals surface area contributed by atoms with Crippen molar-refractivity contribution < 1.29 is 0 Å². The minimum Gasteiger partial charge on any atom is -0.277 e. The number of benzene rings is 9. The summed E-state index contributed by atoms with van der Waals surface area (Å²) in [5.41, 5.74) is 15.1. The van der Waals surface area contributed by atoms with Gasteiger partial charge in [-0.15, -0.1) is 0 Å². The highest BCUT2D eigenvalue weighted by atomic mass is 15.2. The van der Waals surface area contributed by atoms with Crippen LogP contribution in [0.1, 0.15) is 45.2 Å². The monoisotopic (exact) mass is 783 g/mol. The average Bonchev–Trinajstić information content (AvgIpc) is 3.78. The molecule has 0 saturated carbocycles. The first-order valence-corrected chi connectivity index (χ1v) is 21.5. The fraction of sp³-hybridized carbons (Fsp3) is 0.103. The van der Waals surface area contributed by atoms with Crippen LogP contribution in [0.15, 0.2) is 188 Å². The Morgan fingerprint density at radius 1 is 0.443 bits per heavy atom. The van der Waals surface area contributed by atoms with E-state index in [0.717, 1.165) is 33.2 Å². The maximum atomic E-state index is 5.57. The van der Waals surface area contributed by atoms with Crippen LogP contribution in [0.25, 0.3) is 105 Å². The molecule has 1 aliphatic carbocycles. The standard InChI is InChI=1S/C55H37N3.C3H8/c1-55(2)47-26-9-7-19-41(47)42-22-12-23-43(51(42)55)44-24-13-25-46-50-40-18-6-4-15-35(40)32-33-49(50)58(53(44)46)54-56-48-27-10-8-20-45(48)52(57-54)37-30-28-36(29-31-37)39-21-11-16-34-14-3-5-17-38(34)39;1-3-2/h3-33H,1-2H3;3H2,1-2H3. The van der Waals surface area contributed by atoms with Crippen molar-refractivity contribution in [2.75, 3.05) is 0 Å². The normalized spacial score (nSPS) is 12.8. The van der Waals surface area contributed by atoms with Crippen LogP contribution in [0.2, 0.25) is 0 Å². The summed E-state index contributed by atoms with van der Waals surface area (Å²) < 4.78 is 2.33. The van der Waals surface area contributed by atoms with Crippen molar-refractivity contribution in [1.29, 1.82) is 0 Å². The molecule has 0 fully saturated rings. The zero-order valence-electron chi connectivity index (χ0n) is 34.9. The van der Waals surface area contributed by atoms with Crippen molar-refractivity contribution >= 4 is 54.3 Å². The summed E-state index contributed by atoms with van der Waals surface area (Å²) in [6.45, 7) is 8.99. The van der Waals surface area contributed by atoms with Gasteiger partial charge in [0.2, 0.25) is 5.95 Å². The fourth-order valence-corrected chi connectivity index (χ4v) is 10.0. The molecule has 1 aliphatic rings. The summed E-state index contributed by atoms with van der Waals surface area (Å²) in [6, 6.07) is 68.2. The van der Waals surface area contributed by atoms with Gasteiger partial charge in [0.1, 0.15) is 0 Å². The van der Waals surface area contributed by atoms with Crippen molar-refractivity contribution in [3.05, 3.63) is 199 Å². The van der Waals surface area contributed by atoms with Gasteiger partial charge in [0.05, 0.1) is 22.2 Å². The molecule has 2 aromatic heterocycles. The Hall–Kier alpha value is -7.36. The highest BCUT2D eigenvalue weighted by Gasteiger charge is 2.38. The lowest BCUT2D eigenvalue weighted by Gasteiger charge is -2.25. The van der Waals surface area contributed by atoms with E-state index in [-0.39, 0.29) is 5.41 Å². The second-order valence-corrected chi connectivity index (χ2v) is 16.8. The Bertz CT molecular complexity index is 3490. The molecule has 12 rings (SSSR count). The predicted molar refractivity (Wildman–Crippen MR) is 259 cm³/mol. The largest absolute Gasteiger partial charge is 0.277 e. The zero-order chi connectivity index (χ0) is 41.2. The molecule has 0 amide bonds. The second-order valence-electron chi connectivity index (χ2n) is 16.8. The van der Waals surface area contributed by atoms with Gasteiger partial charge in [-0.3, -0.25) is 4.57 Å². The molecule has 3 heteroatoms. The quantitative estimate of drug-likeness (QED) is 0.178. The van der Waals surface area contributed by atoms with Crippen LogP contribution in [0.5, 0.6) is 0 Å². The number of fused-ring (bicyclic) bond motifs is 10. The van der Waals surface area contributed by atoms with E-state index in [4.69, 9.17) is 9.97 Å². The minimum atomic E-state index is -0.182. The first-order chi connectivity index (χ1) is 30.0. The van der Waals surface area contributed by atoms with Crippen LogP contribution in [-0.4, -0.2) is 14.5 Å². The molecule has 11 aromatic rings. The van der Waals surface area contributed by atoms with Crippen LogP contribution >= 0.6 is 0 Å². The molecular formula is C58H45N3. The highest BCUT2D eigenvalue weighted by molar-refractivity contribution is 6.23. The fourth-order valence-electron chi connectivity index (χ4n) is 10.0. The molecule has 0 spiro atoms. The first-order valence-electron chi connectivity index (χ1n) is 21.5. The summed E-state index contributed by atoms with van der Waals surface area (Å²) >= 11 is 0. The lowest BCUT2D eigenvalue weighted by molar-refractivity contribution is 0.662.